The van der Waals surface area contributed by atoms with Gasteiger partial charge in [0.25, 0.3) is 0 Å². The van der Waals surface area contributed by atoms with Crippen molar-refractivity contribution >= 4 is 29.1 Å². The van der Waals surface area contributed by atoms with Gasteiger partial charge in [0, 0.05) is 31.3 Å². The van der Waals surface area contributed by atoms with Crippen molar-refractivity contribution in [1.29, 1.82) is 0 Å². The number of nitrogens with zero attached hydrogens (tertiary/aromatic N) is 5. The maximum Gasteiger partial charge on any atom is 0.433 e. The van der Waals surface area contributed by atoms with Gasteiger partial charge in [-0.25, -0.2) is 19.9 Å². The Kier molecular flexibility index (Phi) is 6.56. The average molecular weight is 500 g/mol. The zero-order valence-corrected chi connectivity index (χ0v) is 18.5. The second-order valence-corrected chi connectivity index (χ2v) is 8.17. The molecule has 6 nitrogen and oxygen atoms in total. The molecule has 0 bridgehead atoms. The van der Waals surface area contributed by atoms with Crippen LogP contribution in [0.5, 0.6) is 0 Å². The van der Waals surface area contributed by atoms with Gasteiger partial charge in [0.05, 0.1) is 23.1 Å². The molecule has 0 saturated carbocycles. The average Bonchev–Trinajstić information content (AvgIpc) is 3.01. The molecule has 180 valence electrons. The lowest BCUT2D eigenvalue weighted by molar-refractivity contribution is -0.141. The Bertz CT molecular complexity index is 1170. The molecule has 0 aliphatic carbocycles. The van der Waals surface area contributed by atoms with Gasteiger partial charge in [-0.1, -0.05) is 11.8 Å². The molecule has 4 heterocycles. The molecule has 0 fully saturated rings. The summed E-state index contributed by atoms with van der Waals surface area (Å²) in [6, 6.07) is 4.35. The van der Waals surface area contributed by atoms with Crippen LogP contribution in [0.4, 0.5) is 43.7 Å². The zero-order chi connectivity index (χ0) is 24.5. The fraction of sp³-hybridized carbons (Fsp3) is 0.333. The van der Waals surface area contributed by atoms with Gasteiger partial charge < -0.3 is 10.2 Å². The highest BCUT2D eigenvalue weighted by Gasteiger charge is 2.36. The van der Waals surface area contributed by atoms with E-state index >= 15 is 0 Å². The van der Waals surface area contributed by atoms with Gasteiger partial charge in [0.1, 0.15) is 17.3 Å². The molecule has 0 spiro atoms. The first-order valence-corrected chi connectivity index (χ1v) is 11.3. The lowest BCUT2D eigenvalue weighted by Gasteiger charge is -2.24. The Morgan fingerprint density at radius 2 is 1.71 bits per heavy atom. The van der Waals surface area contributed by atoms with Crippen LogP contribution in [0.15, 0.2) is 41.8 Å². The van der Waals surface area contributed by atoms with Crippen molar-refractivity contribution in [2.75, 3.05) is 29.6 Å². The molecule has 0 amide bonds. The van der Waals surface area contributed by atoms with E-state index in [1.807, 2.05) is 0 Å². The fourth-order valence-corrected chi connectivity index (χ4v) is 4.01. The van der Waals surface area contributed by atoms with E-state index in [0.717, 1.165) is 18.3 Å². The first kappa shape index (κ1) is 24.0. The smallest absolute Gasteiger partial charge is 0.355 e. The van der Waals surface area contributed by atoms with E-state index in [2.05, 4.69) is 25.3 Å². The Morgan fingerprint density at radius 3 is 2.35 bits per heavy atom. The van der Waals surface area contributed by atoms with Crippen LogP contribution in [0.25, 0.3) is 0 Å². The molecule has 13 heteroatoms. The quantitative estimate of drug-likeness (QED) is 0.293. The third-order valence-electron chi connectivity index (χ3n) is 5.21. The lowest BCUT2D eigenvalue weighted by atomic mass is 10.1. The van der Waals surface area contributed by atoms with Crippen molar-refractivity contribution in [3.8, 4) is 0 Å². The standard InChI is InChI=1S/C21H18F6N6S/c1-34-19-31-15-7-10-33(18-14(20(22,23)24)3-2-8-28-18)9-6-13(15)17(32-19)30-12-4-5-16(29-11-12)21(25,26)27/h2-5,8,11H,6-7,9-10H2,1H3,(H,30,31,32). The highest BCUT2D eigenvalue weighted by Crippen LogP contribution is 2.36. The summed E-state index contributed by atoms with van der Waals surface area (Å²) in [4.78, 5) is 17.9. The van der Waals surface area contributed by atoms with Gasteiger partial charge in [0.2, 0.25) is 0 Å². The van der Waals surface area contributed by atoms with Gasteiger partial charge in [0.15, 0.2) is 5.16 Å². The molecule has 3 aromatic heterocycles. The summed E-state index contributed by atoms with van der Waals surface area (Å²) in [5.74, 6) is 0.233. The normalized spacial score (nSPS) is 14.5. The van der Waals surface area contributed by atoms with Crippen molar-refractivity contribution in [3.05, 3.63) is 59.2 Å². The predicted molar refractivity (Wildman–Crippen MR) is 115 cm³/mol. The van der Waals surface area contributed by atoms with Gasteiger partial charge in [-0.15, -0.1) is 0 Å². The first-order valence-electron chi connectivity index (χ1n) is 10.1. The fourth-order valence-electron chi connectivity index (χ4n) is 3.63. The summed E-state index contributed by atoms with van der Waals surface area (Å²) in [7, 11) is 0. The highest BCUT2D eigenvalue weighted by molar-refractivity contribution is 7.98. The maximum absolute atomic E-state index is 13.5. The number of thioether (sulfide) groups is 1. The number of aromatic nitrogens is 4. The van der Waals surface area contributed by atoms with Crippen LogP contribution in [0, 0.1) is 0 Å². The minimum absolute atomic E-state index is 0.151. The van der Waals surface area contributed by atoms with E-state index in [1.165, 1.54) is 30.1 Å². The number of nitrogens with one attached hydrogen (secondary N) is 1. The molecule has 3 aromatic rings. The zero-order valence-electron chi connectivity index (χ0n) is 17.7. The monoisotopic (exact) mass is 500 g/mol. The van der Waals surface area contributed by atoms with E-state index in [4.69, 9.17) is 0 Å². The number of fused-ring (bicyclic) bond motifs is 1. The summed E-state index contributed by atoms with van der Waals surface area (Å²) in [5.41, 5.74) is -0.189. The van der Waals surface area contributed by atoms with Crippen LogP contribution >= 0.6 is 11.8 Å². The van der Waals surface area contributed by atoms with Crippen LogP contribution < -0.4 is 10.2 Å². The summed E-state index contributed by atoms with van der Waals surface area (Å²) < 4.78 is 78.9. The number of hydrogen-bond acceptors (Lipinski definition) is 7. The second-order valence-electron chi connectivity index (χ2n) is 7.40. The molecule has 34 heavy (non-hydrogen) atoms. The summed E-state index contributed by atoms with van der Waals surface area (Å²) >= 11 is 1.28. The largest absolute Gasteiger partial charge is 0.433 e. The predicted octanol–water partition coefficient (Wildman–Crippen LogP) is 5.37. The molecular formula is C21H18F6N6S. The van der Waals surface area contributed by atoms with E-state index in [9.17, 15) is 26.3 Å². The third kappa shape index (κ3) is 5.18. The molecule has 1 aliphatic heterocycles. The summed E-state index contributed by atoms with van der Waals surface area (Å²) in [6.07, 6.45) is -4.29. The molecule has 0 atom stereocenters. The number of rotatable bonds is 4. The Balaban J connectivity index is 1.63. The maximum atomic E-state index is 13.5. The highest BCUT2D eigenvalue weighted by atomic mass is 32.2. The molecule has 0 saturated heterocycles. The summed E-state index contributed by atoms with van der Waals surface area (Å²) in [5, 5.41) is 3.43. The minimum atomic E-state index is -4.55. The second kappa shape index (κ2) is 9.28. The number of hydrogen-bond donors (Lipinski definition) is 1. The third-order valence-corrected chi connectivity index (χ3v) is 5.76. The molecule has 4 rings (SSSR count). The minimum Gasteiger partial charge on any atom is -0.355 e. The molecule has 0 unspecified atom stereocenters. The Hall–Kier alpha value is -3.09. The van der Waals surface area contributed by atoms with Gasteiger partial charge in [-0.2, -0.15) is 26.3 Å². The topological polar surface area (TPSA) is 66.8 Å². The first-order chi connectivity index (χ1) is 16.1. The summed E-state index contributed by atoms with van der Waals surface area (Å²) in [6.45, 7) is 0.494. The number of alkyl halides is 6. The van der Waals surface area contributed by atoms with Crippen LogP contribution in [0.2, 0.25) is 0 Å². The van der Waals surface area contributed by atoms with Crippen LogP contribution in [0.3, 0.4) is 0 Å². The van der Waals surface area contributed by atoms with Crippen LogP contribution in [-0.2, 0) is 25.2 Å². The van der Waals surface area contributed by atoms with Crippen molar-refractivity contribution < 1.29 is 26.3 Å². The van der Waals surface area contributed by atoms with Gasteiger partial charge >= 0.3 is 12.4 Å². The number of pyridine rings is 2. The van der Waals surface area contributed by atoms with E-state index in [1.54, 1.807) is 11.2 Å². The van der Waals surface area contributed by atoms with Gasteiger partial charge in [-0.3, -0.25) is 0 Å². The Labute approximate surface area is 194 Å². The number of anilines is 3. The molecular weight excluding hydrogens is 482 g/mol. The molecule has 0 radical (unpaired) electrons. The van der Waals surface area contributed by atoms with Crippen LogP contribution in [-0.4, -0.2) is 39.3 Å². The van der Waals surface area contributed by atoms with Crippen molar-refractivity contribution in [2.24, 2.45) is 0 Å². The van der Waals surface area contributed by atoms with E-state index in [-0.39, 0.29) is 18.9 Å². The van der Waals surface area contributed by atoms with E-state index < -0.39 is 23.6 Å². The Morgan fingerprint density at radius 1 is 0.941 bits per heavy atom. The molecule has 1 N–H and O–H groups in total. The van der Waals surface area contributed by atoms with Gasteiger partial charge in [-0.05, 0) is 36.9 Å². The van der Waals surface area contributed by atoms with E-state index in [0.29, 0.717) is 40.8 Å². The van der Waals surface area contributed by atoms with Crippen LogP contribution in [0.1, 0.15) is 22.5 Å². The van der Waals surface area contributed by atoms with Crippen molar-refractivity contribution in [2.45, 2.75) is 30.4 Å². The lowest BCUT2D eigenvalue weighted by Crippen LogP contribution is -2.29. The molecule has 0 aromatic carbocycles. The number of halogens is 6. The van der Waals surface area contributed by atoms with Crippen molar-refractivity contribution in [1.82, 2.24) is 19.9 Å². The SMILES string of the molecule is CSc1nc2c(c(Nc3ccc(C(F)(F)F)nc3)n1)CCN(c1ncccc1C(F)(F)F)CC2. The molecule has 1 aliphatic rings. The van der Waals surface area contributed by atoms with Crippen molar-refractivity contribution in [3.63, 3.8) is 0 Å².